The monoisotopic (exact) mass is 264 g/mol. The van der Waals surface area contributed by atoms with E-state index >= 15 is 0 Å². The van der Waals surface area contributed by atoms with Crippen molar-refractivity contribution in [1.82, 2.24) is 10.2 Å². The molecule has 1 aliphatic heterocycles. The van der Waals surface area contributed by atoms with Gasteiger partial charge >= 0.3 is 0 Å². The van der Waals surface area contributed by atoms with Gasteiger partial charge in [0.15, 0.2) is 0 Å². The molecule has 2 unspecified atom stereocenters. The van der Waals surface area contributed by atoms with Crippen LogP contribution >= 0.6 is 0 Å². The van der Waals surface area contributed by atoms with Crippen molar-refractivity contribution < 1.29 is 9.18 Å². The van der Waals surface area contributed by atoms with Crippen molar-refractivity contribution in [1.29, 1.82) is 0 Å². The van der Waals surface area contributed by atoms with Crippen LogP contribution in [0.3, 0.4) is 0 Å². The van der Waals surface area contributed by atoms with Crippen LogP contribution in [0.15, 0.2) is 24.3 Å². The molecule has 1 aromatic carbocycles. The van der Waals surface area contributed by atoms with Crippen molar-refractivity contribution in [2.75, 3.05) is 13.1 Å². The molecule has 19 heavy (non-hydrogen) atoms. The third-order valence-electron chi connectivity index (χ3n) is 3.64. The molecule has 0 aliphatic carbocycles. The van der Waals surface area contributed by atoms with Crippen molar-refractivity contribution >= 4 is 5.91 Å². The molecular weight excluding hydrogens is 243 g/mol. The third-order valence-corrected chi connectivity index (χ3v) is 3.64. The van der Waals surface area contributed by atoms with Crippen LogP contribution in [0.5, 0.6) is 0 Å². The summed E-state index contributed by atoms with van der Waals surface area (Å²) in [6, 6.07) is 6.21. The topological polar surface area (TPSA) is 32.3 Å². The van der Waals surface area contributed by atoms with E-state index in [1.807, 2.05) is 24.8 Å². The molecule has 2 atom stereocenters. The molecule has 2 rings (SSSR count). The molecule has 1 aliphatic rings. The lowest BCUT2D eigenvalue weighted by Crippen LogP contribution is -2.44. The number of nitrogens with zero attached hydrogens (tertiary/aromatic N) is 1. The van der Waals surface area contributed by atoms with Crippen LogP contribution in [0.2, 0.25) is 0 Å². The summed E-state index contributed by atoms with van der Waals surface area (Å²) in [6.45, 7) is 5.54. The van der Waals surface area contributed by atoms with Gasteiger partial charge in [0, 0.05) is 19.1 Å². The number of hydrogen-bond donors (Lipinski definition) is 1. The van der Waals surface area contributed by atoms with E-state index in [4.69, 9.17) is 0 Å². The standard InChI is InChI=1S/C15H21FN2O/c1-11(13-6-5-7-14(16)10-13)17-12(2)15(19)18-8-3-4-9-18/h5-7,10-12,17H,3-4,8-9H2,1-2H3. The van der Waals surface area contributed by atoms with Gasteiger partial charge in [-0.3, -0.25) is 10.1 Å². The number of hydrogen-bond acceptors (Lipinski definition) is 2. The molecule has 0 aromatic heterocycles. The maximum Gasteiger partial charge on any atom is 0.239 e. The SMILES string of the molecule is CC(NC(C)c1cccc(F)c1)C(=O)N1CCCC1. The molecule has 0 radical (unpaired) electrons. The molecule has 1 fully saturated rings. The summed E-state index contributed by atoms with van der Waals surface area (Å²) in [4.78, 5) is 14.1. The van der Waals surface area contributed by atoms with Crippen molar-refractivity contribution in [3.8, 4) is 0 Å². The number of rotatable bonds is 4. The van der Waals surface area contributed by atoms with Gasteiger partial charge in [-0.15, -0.1) is 0 Å². The summed E-state index contributed by atoms with van der Waals surface area (Å²) >= 11 is 0. The van der Waals surface area contributed by atoms with Crippen LogP contribution in [0.1, 0.15) is 38.3 Å². The highest BCUT2D eigenvalue weighted by Gasteiger charge is 2.24. The van der Waals surface area contributed by atoms with Gasteiger partial charge in [0.1, 0.15) is 5.82 Å². The minimum Gasteiger partial charge on any atom is -0.341 e. The van der Waals surface area contributed by atoms with Crippen LogP contribution < -0.4 is 5.32 Å². The first-order valence-electron chi connectivity index (χ1n) is 6.88. The second-order valence-corrected chi connectivity index (χ2v) is 5.20. The van der Waals surface area contributed by atoms with E-state index in [1.54, 1.807) is 6.07 Å². The predicted molar refractivity (Wildman–Crippen MR) is 73.2 cm³/mol. The van der Waals surface area contributed by atoms with Gasteiger partial charge < -0.3 is 4.90 Å². The fraction of sp³-hybridized carbons (Fsp3) is 0.533. The van der Waals surface area contributed by atoms with E-state index in [0.29, 0.717) is 0 Å². The second-order valence-electron chi connectivity index (χ2n) is 5.20. The average molecular weight is 264 g/mol. The Kier molecular flexibility index (Phi) is 4.53. The number of likely N-dealkylation sites (tertiary alicyclic amines) is 1. The van der Waals surface area contributed by atoms with Gasteiger partial charge in [-0.25, -0.2) is 4.39 Å². The molecule has 104 valence electrons. The number of benzene rings is 1. The lowest BCUT2D eigenvalue weighted by atomic mass is 10.1. The lowest BCUT2D eigenvalue weighted by Gasteiger charge is -2.24. The summed E-state index contributed by atoms with van der Waals surface area (Å²) in [5, 5.41) is 3.24. The van der Waals surface area contributed by atoms with Crippen molar-refractivity contribution in [3.63, 3.8) is 0 Å². The van der Waals surface area contributed by atoms with Gasteiger partial charge in [0.25, 0.3) is 0 Å². The van der Waals surface area contributed by atoms with E-state index in [-0.39, 0.29) is 23.8 Å². The van der Waals surface area contributed by atoms with E-state index in [1.165, 1.54) is 12.1 Å². The predicted octanol–water partition coefficient (Wildman–Crippen LogP) is 2.49. The van der Waals surface area contributed by atoms with Crippen LogP contribution in [0, 0.1) is 5.82 Å². The zero-order chi connectivity index (χ0) is 13.8. The molecule has 0 bridgehead atoms. The molecule has 3 nitrogen and oxygen atoms in total. The first-order valence-corrected chi connectivity index (χ1v) is 6.88. The van der Waals surface area contributed by atoms with Crippen LogP contribution in [0.25, 0.3) is 0 Å². The number of carbonyl (C=O) groups is 1. The highest BCUT2D eigenvalue weighted by molar-refractivity contribution is 5.81. The van der Waals surface area contributed by atoms with Crippen LogP contribution in [-0.4, -0.2) is 29.9 Å². The smallest absolute Gasteiger partial charge is 0.239 e. The van der Waals surface area contributed by atoms with Crippen molar-refractivity contribution in [3.05, 3.63) is 35.6 Å². The number of halogens is 1. The largest absolute Gasteiger partial charge is 0.341 e. The highest BCUT2D eigenvalue weighted by Crippen LogP contribution is 2.15. The molecule has 1 aromatic rings. The number of carbonyl (C=O) groups excluding carboxylic acids is 1. The minimum atomic E-state index is -0.246. The molecular formula is C15H21FN2O. The normalized spacial score (nSPS) is 18.4. The van der Waals surface area contributed by atoms with E-state index in [0.717, 1.165) is 31.5 Å². The van der Waals surface area contributed by atoms with Crippen molar-refractivity contribution in [2.24, 2.45) is 0 Å². The Morgan fingerprint density at radius 2 is 2.00 bits per heavy atom. The number of amides is 1. The van der Waals surface area contributed by atoms with Crippen molar-refractivity contribution in [2.45, 2.75) is 38.8 Å². The quantitative estimate of drug-likeness (QED) is 0.906. The highest BCUT2D eigenvalue weighted by atomic mass is 19.1. The summed E-state index contributed by atoms with van der Waals surface area (Å²) in [5.74, 6) is -0.106. The summed E-state index contributed by atoms with van der Waals surface area (Å²) < 4.78 is 13.2. The Morgan fingerprint density at radius 1 is 1.32 bits per heavy atom. The van der Waals surface area contributed by atoms with Gasteiger partial charge in [0.2, 0.25) is 5.91 Å². The maximum absolute atomic E-state index is 13.2. The maximum atomic E-state index is 13.2. The first-order chi connectivity index (χ1) is 9.08. The zero-order valence-electron chi connectivity index (χ0n) is 11.5. The number of nitrogens with one attached hydrogen (secondary N) is 1. The fourth-order valence-electron chi connectivity index (χ4n) is 2.53. The van der Waals surface area contributed by atoms with Gasteiger partial charge in [-0.2, -0.15) is 0 Å². The molecule has 0 saturated carbocycles. The fourth-order valence-corrected chi connectivity index (χ4v) is 2.53. The third kappa shape index (κ3) is 3.53. The Bertz CT molecular complexity index is 444. The molecule has 0 spiro atoms. The minimum absolute atomic E-state index is 0.0442. The molecule has 1 amide bonds. The zero-order valence-corrected chi connectivity index (χ0v) is 11.5. The Balaban J connectivity index is 1.94. The Morgan fingerprint density at radius 3 is 2.63 bits per heavy atom. The van der Waals surface area contributed by atoms with Crippen LogP contribution in [-0.2, 0) is 4.79 Å². The van der Waals surface area contributed by atoms with Gasteiger partial charge in [-0.05, 0) is 44.4 Å². The molecule has 1 N–H and O–H groups in total. The Hall–Kier alpha value is -1.42. The lowest BCUT2D eigenvalue weighted by molar-refractivity contribution is -0.132. The second kappa shape index (κ2) is 6.15. The average Bonchev–Trinajstić information content (AvgIpc) is 2.91. The van der Waals surface area contributed by atoms with Gasteiger partial charge in [-0.1, -0.05) is 12.1 Å². The van der Waals surface area contributed by atoms with Gasteiger partial charge in [0.05, 0.1) is 6.04 Å². The first kappa shape index (κ1) is 14.0. The van der Waals surface area contributed by atoms with E-state index in [9.17, 15) is 9.18 Å². The van der Waals surface area contributed by atoms with E-state index < -0.39 is 0 Å². The van der Waals surface area contributed by atoms with Crippen LogP contribution in [0.4, 0.5) is 4.39 Å². The van der Waals surface area contributed by atoms with E-state index in [2.05, 4.69) is 5.32 Å². The molecule has 1 heterocycles. The molecule has 4 heteroatoms. The Labute approximate surface area is 113 Å². The molecule has 1 saturated heterocycles. The summed E-state index contributed by atoms with van der Waals surface area (Å²) in [6.07, 6.45) is 2.19. The summed E-state index contributed by atoms with van der Waals surface area (Å²) in [5.41, 5.74) is 0.862. The summed E-state index contributed by atoms with van der Waals surface area (Å²) in [7, 11) is 0.